The van der Waals surface area contributed by atoms with Crippen molar-refractivity contribution in [2.24, 2.45) is 0 Å². The molecule has 3 nitrogen and oxygen atoms in total. The largest absolute Gasteiger partial charge is 0.465 e. The number of ether oxygens (including phenoxy) is 1. The average molecular weight is 352 g/mol. The summed E-state index contributed by atoms with van der Waals surface area (Å²) in [5.41, 5.74) is 4.10. The molecule has 27 heavy (non-hydrogen) atoms. The molecule has 0 aliphatic rings. The Kier molecular flexibility index (Phi) is 3.47. The fourth-order valence-corrected chi connectivity index (χ4v) is 3.69. The van der Waals surface area contributed by atoms with Crippen LogP contribution in [0.1, 0.15) is 10.4 Å². The summed E-state index contributed by atoms with van der Waals surface area (Å²) >= 11 is 0. The summed E-state index contributed by atoms with van der Waals surface area (Å²) in [6, 6.07) is 25.9. The lowest BCUT2D eigenvalue weighted by molar-refractivity contribution is 0.0601. The van der Waals surface area contributed by atoms with E-state index in [1.54, 1.807) is 6.07 Å². The number of esters is 1. The van der Waals surface area contributed by atoms with Gasteiger partial charge in [-0.05, 0) is 40.8 Å². The Morgan fingerprint density at radius 3 is 2.48 bits per heavy atom. The van der Waals surface area contributed by atoms with Gasteiger partial charge in [0.05, 0.1) is 12.7 Å². The number of methoxy groups -OCH3 is 1. The molecule has 3 heteroatoms. The number of rotatable bonds is 2. The van der Waals surface area contributed by atoms with Crippen molar-refractivity contribution in [1.82, 2.24) is 0 Å². The van der Waals surface area contributed by atoms with E-state index in [4.69, 9.17) is 9.15 Å². The summed E-state index contributed by atoms with van der Waals surface area (Å²) in [5, 5.41) is 4.33. The Morgan fingerprint density at radius 1 is 0.815 bits per heavy atom. The second-order valence-electron chi connectivity index (χ2n) is 6.51. The third kappa shape index (κ3) is 2.40. The predicted molar refractivity (Wildman–Crippen MR) is 108 cm³/mol. The van der Waals surface area contributed by atoms with Crippen LogP contribution in [0.2, 0.25) is 0 Å². The Hall–Kier alpha value is -3.59. The fraction of sp³-hybridized carbons (Fsp3) is 0.0417. The van der Waals surface area contributed by atoms with Crippen molar-refractivity contribution in [2.75, 3.05) is 7.11 Å². The molecule has 130 valence electrons. The molecule has 0 spiro atoms. The molecule has 1 heterocycles. The highest BCUT2D eigenvalue weighted by atomic mass is 16.5. The number of benzene rings is 4. The molecule has 4 aromatic carbocycles. The number of carbonyl (C=O) groups excluding carboxylic acids is 1. The molecule has 0 amide bonds. The summed E-state index contributed by atoms with van der Waals surface area (Å²) in [6.45, 7) is 0. The van der Waals surface area contributed by atoms with E-state index in [-0.39, 0.29) is 5.97 Å². The maximum Gasteiger partial charge on any atom is 0.338 e. The highest BCUT2D eigenvalue weighted by Crippen LogP contribution is 2.36. The Bertz CT molecular complexity index is 1330. The van der Waals surface area contributed by atoms with E-state index in [0.29, 0.717) is 5.56 Å². The van der Waals surface area contributed by atoms with E-state index >= 15 is 0 Å². The fourth-order valence-electron chi connectivity index (χ4n) is 3.69. The SMILES string of the molecule is COC(=O)c1ccccc1-c1ccc2ccc3c4ccccc4oc3c2c1. The first-order valence-electron chi connectivity index (χ1n) is 8.78. The van der Waals surface area contributed by atoms with E-state index in [2.05, 4.69) is 30.3 Å². The Labute approximate surface area is 155 Å². The van der Waals surface area contributed by atoms with Crippen LogP contribution < -0.4 is 0 Å². The molecule has 0 bridgehead atoms. The molecule has 5 aromatic rings. The molecule has 0 radical (unpaired) electrons. The number of hydrogen-bond acceptors (Lipinski definition) is 3. The standard InChI is InChI=1S/C24H16O3/c1-26-24(25)20-8-3-2-6-17(20)16-11-10-15-12-13-19-18-7-4-5-9-22(18)27-23(19)21(15)14-16/h2-14H,1H3. The van der Waals surface area contributed by atoms with Crippen LogP contribution in [0, 0.1) is 0 Å². The van der Waals surface area contributed by atoms with Gasteiger partial charge < -0.3 is 9.15 Å². The molecule has 0 fully saturated rings. The van der Waals surface area contributed by atoms with Gasteiger partial charge in [0, 0.05) is 16.2 Å². The predicted octanol–water partition coefficient (Wildman–Crippen LogP) is 6.19. The number of hydrogen-bond donors (Lipinski definition) is 0. The zero-order chi connectivity index (χ0) is 18.4. The van der Waals surface area contributed by atoms with Crippen molar-refractivity contribution in [3.05, 3.63) is 84.4 Å². The van der Waals surface area contributed by atoms with Crippen molar-refractivity contribution >= 4 is 38.7 Å². The lowest BCUT2D eigenvalue weighted by Gasteiger charge is -2.09. The second-order valence-corrected chi connectivity index (χ2v) is 6.51. The van der Waals surface area contributed by atoms with Crippen LogP contribution in [-0.2, 0) is 4.74 Å². The lowest BCUT2D eigenvalue weighted by atomic mass is 9.96. The molecular formula is C24H16O3. The third-order valence-corrected chi connectivity index (χ3v) is 5.00. The van der Waals surface area contributed by atoms with E-state index in [0.717, 1.165) is 43.8 Å². The van der Waals surface area contributed by atoms with Crippen LogP contribution in [0.25, 0.3) is 43.8 Å². The van der Waals surface area contributed by atoms with Gasteiger partial charge in [-0.15, -0.1) is 0 Å². The van der Waals surface area contributed by atoms with Gasteiger partial charge in [-0.25, -0.2) is 4.79 Å². The van der Waals surface area contributed by atoms with Gasteiger partial charge in [0.2, 0.25) is 0 Å². The molecule has 1 aromatic heterocycles. The smallest absolute Gasteiger partial charge is 0.338 e. The maximum absolute atomic E-state index is 12.2. The minimum atomic E-state index is -0.340. The second kappa shape index (κ2) is 5.99. The molecule has 0 N–H and O–H groups in total. The van der Waals surface area contributed by atoms with Crippen LogP contribution in [-0.4, -0.2) is 13.1 Å². The van der Waals surface area contributed by atoms with Crippen molar-refractivity contribution in [3.8, 4) is 11.1 Å². The Morgan fingerprint density at radius 2 is 1.59 bits per heavy atom. The summed E-state index contributed by atoms with van der Waals surface area (Å²) in [5.74, 6) is -0.340. The molecule has 5 rings (SSSR count). The minimum Gasteiger partial charge on any atom is -0.465 e. The normalized spacial score (nSPS) is 11.3. The van der Waals surface area contributed by atoms with Crippen LogP contribution >= 0.6 is 0 Å². The van der Waals surface area contributed by atoms with Gasteiger partial charge in [-0.1, -0.05) is 54.6 Å². The van der Waals surface area contributed by atoms with Crippen LogP contribution in [0.5, 0.6) is 0 Å². The third-order valence-electron chi connectivity index (χ3n) is 5.00. The Balaban J connectivity index is 1.81. The van der Waals surface area contributed by atoms with Crippen LogP contribution in [0.15, 0.2) is 83.3 Å². The van der Waals surface area contributed by atoms with Gasteiger partial charge in [-0.3, -0.25) is 0 Å². The quantitative estimate of drug-likeness (QED) is 0.355. The van der Waals surface area contributed by atoms with Crippen molar-refractivity contribution in [1.29, 1.82) is 0 Å². The van der Waals surface area contributed by atoms with Gasteiger partial charge in [0.1, 0.15) is 11.2 Å². The number of fused-ring (bicyclic) bond motifs is 5. The molecule has 0 atom stereocenters. The summed E-state index contributed by atoms with van der Waals surface area (Å²) in [6.07, 6.45) is 0. The summed E-state index contributed by atoms with van der Waals surface area (Å²) < 4.78 is 11.1. The van der Waals surface area contributed by atoms with E-state index < -0.39 is 0 Å². The summed E-state index contributed by atoms with van der Waals surface area (Å²) in [4.78, 5) is 12.2. The van der Waals surface area contributed by atoms with Gasteiger partial charge >= 0.3 is 5.97 Å². The lowest BCUT2D eigenvalue weighted by Crippen LogP contribution is -2.03. The summed E-state index contributed by atoms with van der Waals surface area (Å²) in [7, 11) is 1.40. The average Bonchev–Trinajstić information content (AvgIpc) is 3.12. The number of carbonyl (C=O) groups is 1. The molecule has 0 saturated carbocycles. The van der Waals surface area contributed by atoms with E-state index in [9.17, 15) is 4.79 Å². The van der Waals surface area contributed by atoms with Crippen molar-refractivity contribution < 1.29 is 13.9 Å². The molecule has 0 aliphatic heterocycles. The van der Waals surface area contributed by atoms with Gasteiger partial charge in [0.25, 0.3) is 0 Å². The van der Waals surface area contributed by atoms with Gasteiger partial charge in [-0.2, -0.15) is 0 Å². The minimum absolute atomic E-state index is 0.340. The number of para-hydroxylation sites is 1. The number of furan rings is 1. The zero-order valence-electron chi connectivity index (χ0n) is 14.7. The molecule has 0 aliphatic carbocycles. The maximum atomic E-state index is 12.2. The topological polar surface area (TPSA) is 39.4 Å². The van der Waals surface area contributed by atoms with Crippen LogP contribution in [0.3, 0.4) is 0 Å². The highest BCUT2D eigenvalue weighted by molar-refractivity contribution is 6.15. The highest BCUT2D eigenvalue weighted by Gasteiger charge is 2.15. The first-order chi connectivity index (χ1) is 13.3. The first-order valence-corrected chi connectivity index (χ1v) is 8.78. The van der Waals surface area contributed by atoms with E-state index in [1.807, 2.05) is 42.5 Å². The molecule has 0 unspecified atom stereocenters. The zero-order valence-corrected chi connectivity index (χ0v) is 14.7. The first kappa shape index (κ1) is 15.6. The van der Waals surface area contributed by atoms with Crippen LogP contribution in [0.4, 0.5) is 0 Å². The monoisotopic (exact) mass is 352 g/mol. The van der Waals surface area contributed by atoms with E-state index in [1.165, 1.54) is 7.11 Å². The molecular weight excluding hydrogens is 336 g/mol. The van der Waals surface area contributed by atoms with Crippen molar-refractivity contribution in [2.45, 2.75) is 0 Å². The van der Waals surface area contributed by atoms with Crippen molar-refractivity contribution in [3.63, 3.8) is 0 Å². The van der Waals surface area contributed by atoms with Gasteiger partial charge in [0.15, 0.2) is 0 Å². The molecule has 0 saturated heterocycles.